The first-order valence-corrected chi connectivity index (χ1v) is 7.04. The SMILES string of the molecule is CC1=CC(=CN(O)C(C)(C)CC(C)(C)C)C=C(C)C1=O. The van der Waals surface area contributed by atoms with Gasteiger partial charge in [-0.25, -0.2) is 0 Å². The van der Waals surface area contributed by atoms with Crippen LogP contribution in [-0.4, -0.2) is 21.6 Å². The van der Waals surface area contributed by atoms with Gasteiger partial charge in [-0.3, -0.25) is 15.1 Å². The highest BCUT2D eigenvalue weighted by atomic mass is 16.5. The van der Waals surface area contributed by atoms with Gasteiger partial charge in [-0.1, -0.05) is 20.8 Å². The predicted octanol–water partition coefficient (Wildman–Crippen LogP) is 4.25. The maximum Gasteiger partial charge on any atom is 0.184 e. The van der Waals surface area contributed by atoms with Crippen molar-refractivity contribution in [3.05, 3.63) is 35.1 Å². The van der Waals surface area contributed by atoms with Gasteiger partial charge in [-0.05, 0) is 68.4 Å². The van der Waals surface area contributed by atoms with Gasteiger partial charge in [0.25, 0.3) is 0 Å². The lowest BCUT2D eigenvalue weighted by Crippen LogP contribution is -2.41. The van der Waals surface area contributed by atoms with Gasteiger partial charge in [0.1, 0.15) is 0 Å². The average Bonchev–Trinajstić information content (AvgIpc) is 2.22. The minimum absolute atomic E-state index is 0.0700. The van der Waals surface area contributed by atoms with Crippen molar-refractivity contribution < 1.29 is 10.0 Å². The third-order valence-electron chi connectivity index (χ3n) is 3.34. The molecule has 1 aliphatic rings. The van der Waals surface area contributed by atoms with Crippen LogP contribution in [0.4, 0.5) is 0 Å². The number of hydrogen-bond acceptors (Lipinski definition) is 3. The fourth-order valence-corrected chi connectivity index (χ4v) is 2.75. The molecular weight excluding hydrogens is 250 g/mol. The first kappa shape index (κ1) is 16.7. The van der Waals surface area contributed by atoms with E-state index < -0.39 is 0 Å². The number of carbonyl (C=O) groups excluding carboxylic acids is 1. The molecule has 20 heavy (non-hydrogen) atoms. The monoisotopic (exact) mass is 277 g/mol. The average molecular weight is 277 g/mol. The third kappa shape index (κ3) is 4.34. The van der Waals surface area contributed by atoms with Crippen LogP contribution >= 0.6 is 0 Å². The van der Waals surface area contributed by atoms with Gasteiger partial charge in [0.15, 0.2) is 5.78 Å². The van der Waals surface area contributed by atoms with E-state index in [1.54, 1.807) is 20.0 Å². The van der Waals surface area contributed by atoms with Gasteiger partial charge in [0.05, 0.1) is 5.54 Å². The van der Waals surface area contributed by atoms with Crippen molar-refractivity contribution in [1.82, 2.24) is 5.06 Å². The summed E-state index contributed by atoms with van der Waals surface area (Å²) in [5.41, 5.74) is 2.03. The van der Waals surface area contributed by atoms with Crippen molar-refractivity contribution in [2.75, 3.05) is 0 Å². The second kappa shape index (κ2) is 5.57. The number of nitrogens with zero attached hydrogens (tertiary/aromatic N) is 1. The lowest BCUT2D eigenvalue weighted by atomic mass is 9.81. The number of rotatable bonds is 3. The molecule has 1 aliphatic carbocycles. The largest absolute Gasteiger partial charge is 0.289 e. The molecule has 112 valence electrons. The molecule has 0 fully saturated rings. The Balaban J connectivity index is 2.97. The zero-order valence-electron chi connectivity index (χ0n) is 13.7. The Kier molecular flexibility index (Phi) is 4.65. The summed E-state index contributed by atoms with van der Waals surface area (Å²) < 4.78 is 0. The molecular formula is C17H27NO2. The van der Waals surface area contributed by atoms with Crippen molar-refractivity contribution in [2.45, 2.75) is 60.4 Å². The van der Waals surface area contributed by atoms with E-state index in [1.165, 1.54) is 5.06 Å². The number of hydrogen-bond donors (Lipinski definition) is 1. The first-order chi connectivity index (χ1) is 8.92. The summed E-state index contributed by atoms with van der Waals surface area (Å²) in [6.07, 6.45) is 6.17. The van der Waals surface area contributed by atoms with Crippen LogP contribution in [0.15, 0.2) is 35.1 Å². The smallest absolute Gasteiger partial charge is 0.184 e. The minimum atomic E-state index is -0.365. The molecule has 0 saturated heterocycles. The highest BCUT2D eigenvalue weighted by Crippen LogP contribution is 2.31. The van der Waals surface area contributed by atoms with Crippen LogP contribution in [0.5, 0.6) is 0 Å². The Labute approximate surface area is 122 Å². The molecule has 1 rings (SSSR count). The Morgan fingerprint density at radius 2 is 1.55 bits per heavy atom. The molecule has 3 heteroatoms. The highest BCUT2D eigenvalue weighted by Gasteiger charge is 2.29. The lowest BCUT2D eigenvalue weighted by molar-refractivity contribution is -0.129. The number of ketones is 1. The molecule has 0 aromatic carbocycles. The van der Waals surface area contributed by atoms with E-state index in [-0.39, 0.29) is 16.7 Å². The van der Waals surface area contributed by atoms with E-state index in [1.807, 2.05) is 26.0 Å². The Morgan fingerprint density at radius 1 is 1.10 bits per heavy atom. The minimum Gasteiger partial charge on any atom is -0.289 e. The van der Waals surface area contributed by atoms with E-state index in [0.29, 0.717) is 11.1 Å². The molecule has 0 spiro atoms. The molecule has 3 nitrogen and oxygen atoms in total. The number of carbonyl (C=O) groups is 1. The first-order valence-electron chi connectivity index (χ1n) is 7.04. The van der Waals surface area contributed by atoms with Crippen LogP contribution < -0.4 is 0 Å². The highest BCUT2D eigenvalue weighted by molar-refractivity contribution is 6.09. The summed E-state index contributed by atoms with van der Waals surface area (Å²) in [5.74, 6) is 0.0700. The second-order valence-corrected chi connectivity index (χ2v) is 7.51. The molecule has 0 atom stereocenters. The van der Waals surface area contributed by atoms with Gasteiger partial charge in [-0.2, -0.15) is 0 Å². The standard InChI is InChI=1S/C17H27NO2/c1-12-8-14(9-13(2)15(12)19)10-18(20)17(6,7)11-16(3,4)5/h8-10,20H,11H2,1-7H3. The summed E-state index contributed by atoms with van der Waals surface area (Å²) in [6.45, 7) is 14.1. The predicted molar refractivity (Wildman–Crippen MR) is 82.4 cm³/mol. The molecule has 0 radical (unpaired) electrons. The molecule has 0 amide bonds. The van der Waals surface area contributed by atoms with Crippen molar-refractivity contribution >= 4 is 5.78 Å². The summed E-state index contributed by atoms with van der Waals surface area (Å²) in [7, 11) is 0. The topological polar surface area (TPSA) is 40.5 Å². The molecule has 0 aliphatic heterocycles. The number of hydroxylamine groups is 2. The normalized spacial score (nSPS) is 16.8. The van der Waals surface area contributed by atoms with E-state index in [4.69, 9.17) is 0 Å². The molecule has 0 heterocycles. The van der Waals surface area contributed by atoms with Gasteiger partial charge in [0.2, 0.25) is 0 Å². The lowest BCUT2D eigenvalue weighted by Gasteiger charge is -2.38. The van der Waals surface area contributed by atoms with Crippen LogP contribution in [-0.2, 0) is 4.79 Å². The van der Waals surface area contributed by atoms with Crippen molar-refractivity contribution in [3.8, 4) is 0 Å². The quantitative estimate of drug-likeness (QED) is 0.784. The Hall–Kier alpha value is -1.35. The van der Waals surface area contributed by atoms with E-state index in [2.05, 4.69) is 20.8 Å². The summed E-state index contributed by atoms with van der Waals surface area (Å²) in [4.78, 5) is 11.7. The second-order valence-electron chi connectivity index (χ2n) is 7.51. The van der Waals surface area contributed by atoms with E-state index in [9.17, 15) is 10.0 Å². The van der Waals surface area contributed by atoms with Crippen LogP contribution in [0.25, 0.3) is 0 Å². The molecule has 0 saturated carbocycles. The van der Waals surface area contributed by atoms with E-state index in [0.717, 1.165) is 12.0 Å². The van der Waals surface area contributed by atoms with Crippen LogP contribution in [0, 0.1) is 5.41 Å². The van der Waals surface area contributed by atoms with Crippen molar-refractivity contribution in [2.24, 2.45) is 5.41 Å². The summed E-state index contributed by atoms with van der Waals surface area (Å²) >= 11 is 0. The van der Waals surface area contributed by atoms with Gasteiger partial charge in [-0.15, -0.1) is 0 Å². The van der Waals surface area contributed by atoms with Crippen LogP contribution in [0.2, 0.25) is 0 Å². The molecule has 0 bridgehead atoms. The Morgan fingerprint density at radius 3 is 1.95 bits per heavy atom. The zero-order chi connectivity index (χ0) is 15.7. The third-order valence-corrected chi connectivity index (χ3v) is 3.34. The van der Waals surface area contributed by atoms with Gasteiger partial charge < -0.3 is 0 Å². The molecule has 0 unspecified atom stereocenters. The molecule has 0 aromatic rings. The van der Waals surface area contributed by atoms with Crippen molar-refractivity contribution in [3.63, 3.8) is 0 Å². The van der Waals surface area contributed by atoms with Gasteiger partial charge in [0, 0.05) is 6.20 Å². The van der Waals surface area contributed by atoms with Crippen LogP contribution in [0.3, 0.4) is 0 Å². The summed E-state index contributed by atoms with van der Waals surface area (Å²) in [6, 6.07) is 0. The van der Waals surface area contributed by atoms with E-state index >= 15 is 0 Å². The number of Topliss-reactive ketones (excluding diaryl/α,β-unsaturated/α-hetero) is 1. The fourth-order valence-electron chi connectivity index (χ4n) is 2.75. The maximum absolute atomic E-state index is 11.7. The zero-order valence-corrected chi connectivity index (χ0v) is 13.7. The van der Waals surface area contributed by atoms with Crippen LogP contribution in [0.1, 0.15) is 54.9 Å². The molecule has 0 aromatic heterocycles. The fraction of sp³-hybridized carbons (Fsp3) is 0.588. The number of allylic oxidation sites excluding steroid dienone is 5. The summed E-state index contributed by atoms with van der Waals surface area (Å²) in [5, 5.41) is 11.6. The maximum atomic E-state index is 11.7. The Bertz CT molecular complexity index is 464. The molecule has 1 N–H and O–H groups in total. The van der Waals surface area contributed by atoms with Crippen molar-refractivity contribution in [1.29, 1.82) is 0 Å². The van der Waals surface area contributed by atoms with Gasteiger partial charge >= 0.3 is 0 Å².